The summed E-state index contributed by atoms with van der Waals surface area (Å²) >= 11 is 1.59. The second-order valence-corrected chi connectivity index (χ2v) is 8.82. The fraction of sp³-hybridized carbons (Fsp3) is 0.333. The van der Waals surface area contributed by atoms with Crippen molar-refractivity contribution in [3.63, 3.8) is 0 Å². The quantitative estimate of drug-likeness (QED) is 0.654. The van der Waals surface area contributed by atoms with E-state index in [2.05, 4.69) is 51.4 Å². The number of rotatable bonds is 6. The zero-order valence-corrected chi connectivity index (χ0v) is 18.4. The number of aryl methyl sites for hydroxylation is 1. The first-order chi connectivity index (χ1) is 14.6. The molecule has 0 aliphatic carbocycles. The number of carbonyl (C=O) groups excluding carboxylic acids is 1. The van der Waals surface area contributed by atoms with Gasteiger partial charge in [0.15, 0.2) is 0 Å². The Balaban J connectivity index is 1.34. The number of nitrogens with zero attached hydrogens (tertiary/aromatic N) is 3. The SMILES string of the molecule is Cc1ccccc1NC(=O)Cc1csc(-c2ccc(CN3CCN(C)CC3)cc2)n1. The Bertz CT molecular complexity index is 990. The Kier molecular flexibility index (Phi) is 6.57. The number of anilines is 1. The van der Waals surface area contributed by atoms with E-state index in [0.717, 1.165) is 60.2 Å². The first-order valence-corrected chi connectivity index (χ1v) is 11.2. The Hall–Kier alpha value is -2.54. The molecule has 0 saturated carbocycles. The van der Waals surface area contributed by atoms with Crippen molar-refractivity contribution in [1.82, 2.24) is 14.8 Å². The fourth-order valence-electron chi connectivity index (χ4n) is 3.61. The topological polar surface area (TPSA) is 48.5 Å². The molecule has 0 unspecified atom stereocenters. The Labute approximate surface area is 182 Å². The largest absolute Gasteiger partial charge is 0.326 e. The van der Waals surface area contributed by atoms with Crippen LogP contribution >= 0.6 is 11.3 Å². The van der Waals surface area contributed by atoms with E-state index in [0.29, 0.717) is 0 Å². The van der Waals surface area contributed by atoms with Crippen LogP contribution in [0.3, 0.4) is 0 Å². The molecule has 2 aromatic carbocycles. The van der Waals surface area contributed by atoms with Crippen LogP contribution < -0.4 is 5.32 Å². The molecule has 1 aromatic heterocycles. The lowest BCUT2D eigenvalue weighted by atomic mass is 10.1. The highest BCUT2D eigenvalue weighted by Gasteiger charge is 2.14. The van der Waals surface area contributed by atoms with Crippen molar-refractivity contribution in [2.75, 3.05) is 38.5 Å². The molecule has 30 heavy (non-hydrogen) atoms. The van der Waals surface area contributed by atoms with E-state index in [1.165, 1.54) is 5.56 Å². The lowest BCUT2D eigenvalue weighted by molar-refractivity contribution is -0.115. The van der Waals surface area contributed by atoms with Gasteiger partial charge in [-0.3, -0.25) is 9.69 Å². The molecule has 1 N–H and O–H groups in total. The number of hydrogen-bond acceptors (Lipinski definition) is 5. The molecule has 0 atom stereocenters. The van der Waals surface area contributed by atoms with Gasteiger partial charge in [-0.1, -0.05) is 42.5 Å². The number of piperazine rings is 1. The zero-order valence-electron chi connectivity index (χ0n) is 17.6. The van der Waals surface area contributed by atoms with Gasteiger partial charge in [0.25, 0.3) is 0 Å². The van der Waals surface area contributed by atoms with Crippen LogP contribution in [0.1, 0.15) is 16.8 Å². The smallest absolute Gasteiger partial charge is 0.230 e. The van der Waals surface area contributed by atoms with Crippen molar-refractivity contribution < 1.29 is 4.79 Å². The molecule has 0 bridgehead atoms. The maximum absolute atomic E-state index is 12.4. The van der Waals surface area contributed by atoms with Gasteiger partial charge in [-0.2, -0.15) is 0 Å². The summed E-state index contributed by atoms with van der Waals surface area (Å²) in [7, 11) is 2.18. The van der Waals surface area contributed by atoms with Crippen LogP contribution in [0.5, 0.6) is 0 Å². The maximum atomic E-state index is 12.4. The predicted molar refractivity (Wildman–Crippen MR) is 124 cm³/mol. The van der Waals surface area contributed by atoms with Crippen LogP contribution in [0.2, 0.25) is 0 Å². The summed E-state index contributed by atoms with van der Waals surface area (Å²) in [6.45, 7) is 7.51. The number of benzene rings is 2. The molecule has 1 aliphatic rings. The summed E-state index contributed by atoms with van der Waals surface area (Å²) in [5, 5.41) is 5.91. The highest BCUT2D eigenvalue weighted by Crippen LogP contribution is 2.25. The van der Waals surface area contributed by atoms with Gasteiger partial charge in [0, 0.05) is 49.4 Å². The van der Waals surface area contributed by atoms with Crippen LogP contribution in [-0.2, 0) is 17.8 Å². The Morgan fingerprint density at radius 3 is 2.53 bits per heavy atom. The van der Waals surface area contributed by atoms with E-state index in [1.807, 2.05) is 36.6 Å². The van der Waals surface area contributed by atoms with Crippen molar-refractivity contribution >= 4 is 22.9 Å². The summed E-state index contributed by atoms with van der Waals surface area (Å²) in [6, 6.07) is 16.5. The van der Waals surface area contributed by atoms with E-state index in [4.69, 9.17) is 0 Å². The summed E-state index contributed by atoms with van der Waals surface area (Å²) in [5.41, 5.74) is 5.16. The standard InChI is InChI=1S/C24H28N4OS/c1-18-5-3-4-6-22(18)26-23(29)15-21-17-30-24(25-21)20-9-7-19(8-10-20)16-28-13-11-27(2)12-14-28/h3-10,17H,11-16H2,1-2H3,(H,26,29). The molecule has 156 valence electrons. The molecule has 1 fully saturated rings. The van der Waals surface area contributed by atoms with Crippen molar-refractivity contribution in [2.24, 2.45) is 0 Å². The summed E-state index contributed by atoms with van der Waals surface area (Å²) in [6.07, 6.45) is 0.284. The van der Waals surface area contributed by atoms with Crippen molar-refractivity contribution in [3.8, 4) is 10.6 Å². The third kappa shape index (κ3) is 5.33. The average molecular weight is 421 g/mol. The molecule has 0 radical (unpaired) electrons. The lowest BCUT2D eigenvalue weighted by Crippen LogP contribution is -2.43. The molecule has 4 rings (SSSR count). The average Bonchev–Trinajstić information content (AvgIpc) is 3.20. The highest BCUT2D eigenvalue weighted by molar-refractivity contribution is 7.13. The number of para-hydroxylation sites is 1. The number of likely N-dealkylation sites (N-methyl/N-ethyl adjacent to an activating group) is 1. The van der Waals surface area contributed by atoms with E-state index in [-0.39, 0.29) is 12.3 Å². The van der Waals surface area contributed by atoms with E-state index >= 15 is 0 Å². The Morgan fingerprint density at radius 2 is 1.80 bits per heavy atom. The molecule has 1 aliphatic heterocycles. The summed E-state index contributed by atoms with van der Waals surface area (Å²) in [5.74, 6) is -0.0383. The molecular formula is C24H28N4OS. The molecule has 6 heteroatoms. The molecular weight excluding hydrogens is 392 g/mol. The first-order valence-electron chi connectivity index (χ1n) is 10.4. The monoisotopic (exact) mass is 420 g/mol. The molecule has 3 aromatic rings. The van der Waals surface area contributed by atoms with Crippen LogP contribution in [0.4, 0.5) is 5.69 Å². The zero-order chi connectivity index (χ0) is 20.9. The van der Waals surface area contributed by atoms with Crippen LogP contribution in [0.25, 0.3) is 10.6 Å². The van der Waals surface area contributed by atoms with Crippen molar-refractivity contribution in [1.29, 1.82) is 0 Å². The van der Waals surface area contributed by atoms with E-state index in [1.54, 1.807) is 11.3 Å². The van der Waals surface area contributed by atoms with Crippen LogP contribution in [0.15, 0.2) is 53.9 Å². The fourth-order valence-corrected chi connectivity index (χ4v) is 4.44. The van der Waals surface area contributed by atoms with E-state index in [9.17, 15) is 4.79 Å². The van der Waals surface area contributed by atoms with Gasteiger partial charge in [0.05, 0.1) is 12.1 Å². The minimum Gasteiger partial charge on any atom is -0.326 e. The molecule has 1 amide bonds. The molecule has 0 spiro atoms. The number of nitrogens with one attached hydrogen (secondary N) is 1. The van der Waals surface area contributed by atoms with Gasteiger partial charge in [-0.15, -0.1) is 11.3 Å². The summed E-state index contributed by atoms with van der Waals surface area (Å²) < 4.78 is 0. The summed E-state index contributed by atoms with van der Waals surface area (Å²) in [4.78, 5) is 21.9. The second kappa shape index (κ2) is 9.51. The number of aromatic nitrogens is 1. The van der Waals surface area contributed by atoms with Crippen molar-refractivity contribution in [3.05, 3.63) is 70.7 Å². The third-order valence-corrected chi connectivity index (χ3v) is 6.46. The lowest BCUT2D eigenvalue weighted by Gasteiger charge is -2.32. The Morgan fingerprint density at radius 1 is 1.07 bits per heavy atom. The number of amides is 1. The van der Waals surface area contributed by atoms with Gasteiger partial charge in [0.2, 0.25) is 5.91 Å². The van der Waals surface area contributed by atoms with Gasteiger partial charge in [-0.05, 0) is 31.2 Å². The maximum Gasteiger partial charge on any atom is 0.230 e. The van der Waals surface area contributed by atoms with E-state index < -0.39 is 0 Å². The van der Waals surface area contributed by atoms with Gasteiger partial charge in [0.1, 0.15) is 5.01 Å². The van der Waals surface area contributed by atoms with Crippen molar-refractivity contribution in [2.45, 2.75) is 19.9 Å². The predicted octanol–water partition coefficient (Wildman–Crippen LogP) is 4.05. The molecule has 5 nitrogen and oxygen atoms in total. The van der Waals surface area contributed by atoms with Gasteiger partial charge in [-0.25, -0.2) is 4.98 Å². The second-order valence-electron chi connectivity index (χ2n) is 7.96. The van der Waals surface area contributed by atoms with Gasteiger partial charge < -0.3 is 10.2 Å². The van der Waals surface area contributed by atoms with Crippen LogP contribution in [-0.4, -0.2) is 53.9 Å². The molecule has 2 heterocycles. The number of carbonyl (C=O) groups is 1. The van der Waals surface area contributed by atoms with Gasteiger partial charge >= 0.3 is 0 Å². The molecule has 1 saturated heterocycles. The third-order valence-electron chi connectivity index (χ3n) is 5.52. The number of thiazole rings is 1. The first kappa shape index (κ1) is 20.7. The normalized spacial score (nSPS) is 15.3. The number of hydrogen-bond donors (Lipinski definition) is 1. The van der Waals surface area contributed by atoms with Crippen LogP contribution in [0, 0.1) is 6.92 Å². The minimum atomic E-state index is -0.0383. The minimum absolute atomic E-state index is 0.0383. The highest BCUT2D eigenvalue weighted by atomic mass is 32.1.